The lowest BCUT2D eigenvalue weighted by Gasteiger charge is -2.25. The predicted molar refractivity (Wildman–Crippen MR) is 95.8 cm³/mol. The van der Waals surface area contributed by atoms with E-state index in [2.05, 4.69) is 72.9 Å². The molecule has 0 saturated carbocycles. The number of nitrogens with one attached hydrogen (secondary N) is 1. The van der Waals surface area contributed by atoms with Crippen LogP contribution in [0.4, 0.5) is 0 Å². The van der Waals surface area contributed by atoms with Crippen molar-refractivity contribution >= 4 is 11.8 Å². The average Bonchev–Trinajstić information content (AvgIpc) is 2.58. The van der Waals surface area contributed by atoms with Crippen LogP contribution in [0.5, 0.6) is 0 Å². The highest BCUT2D eigenvalue weighted by Gasteiger charge is 2.16. The standard InChI is InChI=1S/C20H23NS/c1-16(17-10-4-2-5-11-17)21-19-14-8-9-15-20(19)22-18-12-6-3-7-13-18/h2-7,10-13,16,21H,8-9,14-15H2,1H3/t16-/m0/s1. The van der Waals surface area contributed by atoms with E-state index in [1.54, 1.807) is 0 Å². The van der Waals surface area contributed by atoms with Crippen LogP contribution in [0.25, 0.3) is 0 Å². The minimum Gasteiger partial charge on any atom is -0.381 e. The van der Waals surface area contributed by atoms with Crippen molar-refractivity contribution in [3.05, 3.63) is 76.8 Å². The summed E-state index contributed by atoms with van der Waals surface area (Å²) in [6, 6.07) is 21.8. The van der Waals surface area contributed by atoms with Crippen molar-refractivity contribution in [1.82, 2.24) is 5.32 Å². The second-order valence-electron chi connectivity index (χ2n) is 5.80. The first kappa shape index (κ1) is 15.2. The van der Waals surface area contributed by atoms with Gasteiger partial charge in [-0.05, 0) is 50.3 Å². The van der Waals surface area contributed by atoms with Crippen molar-refractivity contribution < 1.29 is 0 Å². The molecule has 2 heteroatoms. The van der Waals surface area contributed by atoms with Crippen LogP contribution in [-0.2, 0) is 0 Å². The summed E-state index contributed by atoms with van der Waals surface area (Å²) < 4.78 is 0. The van der Waals surface area contributed by atoms with E-state index in [0.29, 0.717) is 6.04 Å². The van der Waals surface area contributed by atoms with Gasteiger partial charge in [-0.2, -0.15) is 0 Å². The lowest BCUT2D eigenvalue weighted by molar-refractivity contribution is 0.578. The molecule has 0 amide bonds. The van der Waals surface area contributed by atoms with Crippen molar-refractivity contribution in [2.45, 2.75) is 43.5 Å². The molecule has 0 saturated heterocycles. The molecule has 0 bridgehead atoms. The molecule has 0 aliphatic heterocycles. The average molecular weight is 309 g/mol. The second-order valence-corrected chi connectivity index (χ2v) is 6.97. The molecule has 0 unspecified atom stereocenters. The summed E-state index contributed by atoms with van der Waals surface area (Å²) in [4.78, 5) is 2.85. The smallest absolute Gasteiger partial charge is 0.0482 e. The summed E-state index contributed by atoms with van der Waals surface area (Å²) in [5.74, 6) is 0. The highest BCUT2D eigenvalue weighted by molar-refractivity contribution is 8.03. The van der Waals surface area contributed by atoms with Crippen LogP contribution in [0.1, 0.15) is 44.2 Å². The molecule has 0 spiro atoms. The zero-order chi connectivity index (χ0) is 15.2. The fourth-order valence-corrected chi connectivity index (χ4v) is 3.97. The molecule has 0 fully saturated rings. The molecule has 2 aromatic rings. The maximum Gasteiger partial charge on any atom is 0.0482 e. The van der Waals surface area contributed by atoms with Crippen LogP contribution in [0, 0.1) is 0 Å². The molecule has 114 valence electrons. The number of hydrogen-bond acceptors (Lipinski definition) is 2. The Morgan fingerprint density at radius 2 is 1.50 bits per heavy atom. The molecule has 0 radical (unpaired) electrons. The first-order valence-electron chi connectivity index (χ1n) is 8.09. The minimum absolute atomic E-state index is 0.362. The first-order valence-corrected chi connectivity index (χ1v) is 8.91. The summed E-state index contributed by atoms with van der Waals surface area (Å²) in [6.45, 7) is 2.25. The van der Waals surface area contributed by atoms with Crippen LogP contribution < -0.4 is 5.32 Å². The van der Waals surface area contributed by atoms with Gasteiger partial charge in [0.2, 0.25) is 0 Å². The third-order valence-corrected chi connectivity index (χ3v) is 5.30. The van der Waals surface area contributed by atoms with E-state index in [1.807, 2.05) is 11.8 Å². The SMILES string of the molecule is C[C@H](NC1=C(Sc2ccccc2)CCCC1)c1ccccc1. The van der Waals surface area contributed by atoms with Crippen LogP contribution in [0.2, 0.25) is 0 Å². The molecule has 1 aliphatic carbocycles. The van der Waals surface area contributed by atoms with Gasteiger partial charge in [-0.15, -0.1) is 0 Å². The summed E-state index contributed by atoms with van der Waals surface area (Å²) in [7, 11) is 0. The molecule has 3 rings (SSSR count). The zero-order valence-corrected chi connectivity index (χ0v) is 13.9. The Bertz CT molecular complexity index is 619. The summed E-state index contributed by atoms with van der Waals surface area (Å²) in [5.41, 5.74) is 2.79. The molecular weight excluding hydrogens is 286 g/mol. The Morgan fingerprint density at radius 1 is 0.864 bits per heavy atom. The van der Waals surface area contributed by atoms with E-state index in [1.165, 1.54) is 46.7 Å². The van der Waals surface area contributed by atoms with Crippen LogP contribution in [0.15, 0.2) is 76.2 Å². The highest BCUT2D eigenvalue weighted by atomic mass is 32.2. The van der Waals surface area contributed by atoms with Crippen LogP contribution in [-0.4, -0.2) is 0 Å². The Labute approximate surface area is 137 Å². The fraction of sp³-hybridized carbons (Fsp3) is 0.300. The number of allylic oxidation sites excluding steroid dienone is 2. The largest absolute Gasteiger partial charge is 0.381 e. The van der Waals surface area contributed by atoms with Gasteiger partial charge in [-0.1, -0.05) is 60.3 Å². The Hall–Kier alpha value is -1.67. The van der Waals surface area contributed by atoms with Crippen LogP contribution in [0.3, 0.4) is 0 Å². The molecule has 1 N–H and O–H groups in total. The van der Waals surface area contributed by atoms with Gasteiger partial charge in [0, 0.05) is 21.5 Å². The zero-order valence-electron chi connectivity index (χ0n) is 13.1. The minimum atomic E-state index is 0.362. The number of rotatable bonds is 5. The predicted octanol–water partition coefficient (Wildman–Crippen LogP) is 5.92. The lowest BCUT2D eigenvalue weighted by Crippen LogP contribution is -2.21. The van der Waals surface area contributed by atoms with Crippen molar-refractivity contribution in [1.29, 1.82) is 0 Å². The summed E-state index contributed by atoms with van der Waals surface area (Å²) in [5, 5.41) is 3.76. The molecule has 0 aromatic heterocycles. The molecule has 1 nitrogen and oxygen atoms in total. The van der Waals surface area contributed by atoms with Crippen molar-refractivity contribution in [2.24, 2.45) is 0 Å². The molecule has 22 heavy (non-hydrogen) atoms. The maximum absolute atomic E-state index is 3.76. The number of hydrogen-bond donors (Lipinski definition) is 1. The Balaban J connectivity index is 1.76. The van der Waals surface area contributed by atoms with Gasteiger partial charge in [0.15, 0.2) is 0 Å². The van der Waals surface area contributed by atoms with Crippen molar-refractivity contribution in [3.63, 3.8) is 0 Å². The van der Waals surface area contributed by atoms with Gasteiger partial charge >= 0.3 is 0 Å². The number of thioether (sulfide) groups is 1. The van der Waals surface area contributed by atoms with Crippen molar-refractivity contribution in [3.8, 4) is 0 Å². The van der Waals surface area contributed by atoms with E-state index in [0.717, 1.165) is 0 Å². The van der Waals surface area contributed by atoms with Gasteiger partial charge in [0.25, 0.3) is 0 Å². The maximum atomic E-state index is 3.76. The summed E-state index contributed by atoms with van der Waals surface area (Å²) in [6.07, 6.45) is 4.97. The van der Waals surface area contributed by atoms with E-state index in [4.69, 9.17) is 0 Å². The topological polar surface area (TPSA) is 12.0 Å². The third-order valence-electron chi connectivity index (χ3n) is 4.09. The first-order chi connectivity index (χ1) is 10.8. The molecule has 1 aliphatic rings. The molecule has 1 atom stereocenters. The normalized spacial score (nSPS) is 16.4. The monoisotopic (exact) mass is 309 g/mol. The van der Waals surface area contributed by atoms with E-state index >= 15 is 0 Å². The molecule has 0 heterocycles. The second kappa shape index (κ2) is 7.55. The van der Waals surface area contributed by atoms with Crippen molar-refractivity contribution in [2.75, 3.05) is 0 Å². The van der Waals surface area contributed by atoms with E-state index in [9.17, 15) is 0 Å². The Kier molecular flexibility index (Phi) is 5.23. The fourth-order valence-electron chi connectivity index (χ4n) is 2.86. The quantitative estimate of drug-likeness (QED) is 0.736. The summed E-state index contributed by atoms with van der Waals surface area (Å²) >= 11 is 1.93. The van der Waals surface area contributed by atoms with Gasteiger partial charge in [-0.25, -0.2) is 0 Å². The van der Waals surface area contributed by atoms with E-state index in [-0.39, 0.29) is 0 Å². The Morgan fingerprint density at radius 3 is 2.23 bits per heavy atom. The van der Waals surface area contributed by atoms with Gasteiger partial charge in [0.05, 0.1) is 0 Å². The van der Waals surface area contributed by atoms with Gasteiger partial charge in [0.1, 0.15) is 0 Å². The third kappa shape index (κ3) is 3.95. The number of benzene rings is 2. The molecule has 2 aromatic carbocycles. The lowest BCUT2D eigenvalue weighted by atomic mass is 10.0. The van der Waals surface area contributed by atoms with Gasteiger partial charge < -0.3 is 5.32 Å². The van der Waals surface area contributed by atoms with E-state index < -0.39 is 0 Å². The van der Waals surface area contributed by atoms with Crippen LogP contribution >= 0.6 is 11.8 Å². The highest BCUT2D eigenvalue weighted by Crippen LogP contribution is 2.37. The van der Waals surface area contributed by atoms with Gasteiger partial charge in [-0.3, -0.25) is 0 Å². The molecular formula is C20H23NS.